The van der Waals surface area contributed by atoms with Gasteiger partial charge in [0, 0.05) is 36.7 Å². The third-order valence-electron chi connectivity index (χ3n) is 3.91. The van der Waals surface area contributed by atoms with Gasteiger partial charge in [0.1, 0.15) is 4.90 Å². The summed E-state index contributed by atoms with van der Waals surface area (Å²) in [5, 5.41) is 1.04. The van der Waals surface area contributed by atoms with Gasteiger partial charge in [0.25, 0.3) is 0 Å². The Labute approximate surface area is 146 Å². The zero-order valence-corrected chi connectivity index (χ0v) is 14.9. The maximum Gasteiger partial charge on any atom is 0.245 e. The van der Waals surface area contributed by atoms with Gasteiger partial charge in [-0.2, -0.15) is 4.31 Å². The quantitative estimate of drug-likeness (QED) is 0.810. The van der Waals surface area contributed by atoms with Crippen LogP contribution in [0.3, 0.4) is 0 Å². The van der Waals surface area contributed by atoms with E-state index in [1.165, 1.54) is 10.4 Å². The summed E-state index contributed by atoms with van der Waals surface area (Å²) in [5.41, 5.74) is 1.57. The van der Waals surface area contributed by atoms with Gasteiger partial charge in [-0.05, 0) is 35.9 Å². The highest BCUT2D eigenvalue weighted by molar-refractivity contribution is 7.89. The number of anilines is 1. The van der Waals surface area contributed by atoms with Gasteiger partial charge in [0.05, 0.1) is 5.69 Å². The van der Waals surface area contributed by atoms with Crippen LogP contribution in [-0.2, 0) is 16.6 Å². The molecule has 0 saturated heterocycles. The SMILES string of the molecule is CN1CCN(Cc2ccc(Cl)cc2)S(=O)(=O)c2cc(Cl)ccc21. The third kappa shape index (κ3) is 3.33. The second-order valence-electron chi connectivity index (χ2n) is 5.50. The van der Waals surface area contributed by atoms with E-state index in [0.29, 0.717) is 35.4 Å². The van der Waals surface area contributed by atoms with Crippen molar-refractivity contribution in [3.8, 4) is 0 Å². The molecule has 1 heterocycles. The average Bonchev–Trinajstić information content (AvgIpc) is 2.60. The molecule has 0 atom stereocenters. The third-order valence-corrected chi connectivity index (χ3v) is 6.27. The molecular weight excluding hydrogens is 355 g/mol. The average molecular weight is 371 g/mol. The summed E-state index contributed by atoms with van der Waals surface area (Å²) in [5.74, 6) is 0. The van der Waals surface area contributed by atoms with Gasteiger partial charge in [-0.3, -0.25) is 0 Å². The van der Waals surface area contributed by atoms with Crippen LogP contribution in [-0.4, -0.2) is 32.9 Å². The van der Waals surface area contributed by atoms with Gasteiger partial charge in [-0.1, -0.05) is 35.3 Å². The molecule has 1 aliphatic rings. The van der Waals surface area contributed by atoms with E-state index < -0.39 is 10.0 Å². The molecule has 0 N–H and O–H groups in total. The molecule has 0 aliphatic carbocycles. The smallest absolute Gasteiger partial charge is 0.245 e. The number of nitrogens with zero attached hydrogens (tertiary/aromatic N) is 2. The lowest BCUT2D eigenvalue weighted by molar-refractivity contribution is 0.417. The van der Waals surface area contributed by atoms with Crippen molar-refractivity contribution in [3.63, 3.8) is 0 Å². The zero-order chi connectivity index (χ0) is 16.6. The van der Waals surface area contributed by atoms with Crippen molar-refractivity contribution in [2.24, 2.45) is 0 Å². The fraction of sp³-hybridized carbons (Fsp3) is 0.250. The zero-order valence-electron chi connectivity index (χ0n) is 12.5. The number of benzene rings is 2. The molecule has 0 saturated carbocycles. The van der Waals surface area contributed by atoms with E-state index in [0.717, 1.165) is 5.56 Å². The largest absolute Gasteiger partial charge is 0.372 e. The van der Waals surface area contributed by atoms with E-state index in [-0.39, 0.29) is 4.90 Å². The van der Waals surface area contributed by atoms with Gasteiger partial charge in [0.15, 0.2) is 0 Å². The fourth-order valence-electron chi connectivity index (χ4n) is 2.61. The lowest BCUT2D eigenvalue weighted by atomic mass is 10.2. The lowest BCUT2D eigenvalue weighted by Crippen LogP contribution is -2.33. The lowest BCUT2D eigenvalue weighted by Gasteiger charge is -2.20. The molecule has 23 heavy (non-hydrogen) atoms. The van der Waals surface area contributed by atoms with Crippen molar-refractivity contribution >= 4 is 38.9 Å². The molecule has 0 fully saturated rings. The summed E-state index contributed by atoms with van der Waals surface area (Å²) >= 11 is 11.9. The fourth-order valence-corrected chi connectivity index (χ4v) is 4.65. The normalized spacial score (nSPS) is 17.6. The molecule has 2 aromatic carbocycles. The van der Waals surface area contributed by atoms with Gasteiger partial charge in [0.2, 0.25) is 10.0 Å². The Morgan fingerprint density at radius 1 is 1.00 bits per heavy atom. The summed E-state index contributed by atoms with van der Waals surface area (Å²) < 4.78 is 27.5. The van der Waals surface area contributed by atoms with Crippen LogP contribution in [0.4, 0.5) is 5.69 Å². The molecule has 0 radical (unpaired) electrons. The molecule has 4 nitrogen and oxygen atoms in total. The molecule has 0 bridgehead atoms. The first kappa shape index (κ1) is 16.6. The first-order valence-corrected chi connectivity index (χ1v) is 9.33. The van der Waals surface area contributed by atoms with Crippen molar-refractivity contribution in [1.29, 1.82) is 0 Å². The first-order valence-electron chi connectivity index (χ1n) is 7.13. The van der Waals surface area contributed by atoms with Gasteiger partial charge >= 0.3 is 0 Å². The minimum absolute atomic E-state index is 0.249. The van der Waals surface area contributed by atoms with Crippen LogP contribution in [0.2, 0.25) is 10.0 Å². The van der Waals surface area contributed by atoms with E-state index in [1.54, 1.807) is 24.3 Å². The van der Waals surface area contributed by atoms with E-state index in [9.17, 15) is 8.42 Å². The Bertz CT molecular complexity index is 822. The standard InChI is InChI=1S/C16H16Cl2N2O2S/c1-19-8-9-20(11-12-2-4-13(17)5-3-12)23(21,22)16-10-14(18)6-7-15(16)19/h2-7,10H,8-9,11H2,1H3. The van der Waals surface area contributed by atoms with Crippen LogP contribution in [0.25, 0.3) is 0 Å². The topological polar surface area (TPSA) is 40.6 Å². The molecule has 1 aliphatic heterocycles. The first-order chi connectivity index (χ1) is 10.9. The summed E-state index contributed by atoms with van der Waals surface area (Å²) in [6.07, 6.45) is 0. The van der Waals surface area contributed by atoms with Crippen molar-refractivity contribution in [3.05, 3.63) is 58.1 Å². The second-order valence-corrected chi connectivity index (χ2v) is 8.28. The Kier molecular flexibility index (Phi) is 4.56. The van der Waals surface area contributed by atoms with Crippen LogP contribution >= 0.6 is 23.2 Å². The van der Waals surface area contributed by atoms with Crippen LogP contribution in [0.1, 0.15) is 5.56 Å². The highest BCUT2D eigenvalue weighted by Gasteiger charge is 2.31. The van der Waals surface area contributed by atoms with E-state index in [4.69, 9.17) is 23.2 Å². The Morgan fingerprint density at radius 3 is 2.35 bits per heavy atom. The molecule has 0 unspecified atom stereocenters. The minimum Gasteiger partial charge on any atom is -0.372 e. The number of hydrogen-bond donors (Lipinski definition) is 0. The molecule has 3 rings (SSSR count). The molecule has 7 heteroatoms. The number of hydrogen-bond acceptors (Lipinski definition) is 3. The molecule has 0 amide bonds. The van der Waals surface area contributed by atoms with E-state index >= 15 is 0 Å². The second kappa shape index (κ2) is 6.32. The minimum atomic E-state index is -3.61. The highest BCUT2D eigenvalue weighted by Crippen LogP contribution is 2.33. The molecule has 2 aromatic rings. The number of sulfonamides is 1. The van der Waals surface area contributed by atoms with Crippen LogP contribution in [0.5, 0.6) is 0 Å². The molecular formula is C16H16Cl2N2O2S. The van der Waals surface area contributed by atoms with Crippen molar-refractivity contribution < 1.29 is 8.42 Å². The van der Waals surface area contributed by atoms with Crippen molar-refractivity contribution in [2.75, 3.05) is 25.0 Å². The number of likely N-dealkylation sites (N-methyl/N-ethyl adjacent to an activating group) is 1. The molecule has 0 spiro atoms. The Morgan fingerprint density at radius 2 is 1.65 bits per heavy atom. The summed E-state index contributed by atoms with van der Waals surface area (Å²) in [4.78, 5) is 2.18. The van der Waals surface area contributed by atoms with Crippen molar-refractivity contribution in [2.45, 2.75) is 11.4 Å². The van der Waals surface area contributed by atoms with Crippen molar-refractivity contribution in [1.82, 2.24) is 4.31 Å². The summed E-state index contributed by atoms with van der Waals surface area (Å²) in [6.45, 7) is 1.33. The Balaban J connectivity index is 2.01. The van der Waals surface area contributed by atoms with Gasteiger partial charge < -0.3 is 4.90 Å². The van der Waals surface area contributed by atoms with Crippen LogP contribution < -0.4 is 4.90 Å². The summed E-state index contributed by atoms with van der Waals surface area (Å²) in [7, 11) is -1.73. The number of rotatable bonds is 2. The number of halogens is 2. The van der Waals surface area contributed by atoms with Gasteiger partial charge in [-0.15, -0.1) is 0 Å². The van der Waals surface area contributed by atoms with Crippen LogP contribution in [0, 0.1) is 0 Å². The van der Waals surface area contributed by atoms with Gasteiger partial charge in [-0.25, -0.2) is 8.42 Å². The predicted molar refractivity (Wildman–Crippen MR) is 93.8 cm³/mol. The maximum atomic E-state index is 13.0. The molecule has 122 valence electrons. The molecule has 0 aromatic heterocycles. The highest BCUT2D eigenvalue weighted by atomic mass is 35.5. The van der Waals surface area contributed by atoms with Crippen LogP contribution in [0.15, 0.2) is 47.4 Å². The predicted octanol–water partition coefficient (Wildman–Crippen LogP) is 3.63. The summed E-state index contributed by atoms with van der Waals surface area (Å²) in [6, 6.07) is 12.2. The Hall–Kier alpha value is -1.27. The monoisotopic (exact) mass is 370 g/mol. The van der Waals surface area contributed by atoms with E-state index in [2.05, 4.69) is 0 Å². The number of fused-ring (bicyclic) bond motifs is 1. The van der Waals surface area contributed by atoms with E-state index in [1.807, 2.05) is 24.1 Å². The maximum absolute atomic E-state index is 13.0.